The molecule has 0 spiro atoms. The van der Waals surface area contributed by atoms with Crippen LogP contribution in [0.1, 0.15) is 41.4 Å². The third kappa shape index (κ3) is 6.17. The topological polar surface area (TPSA) is 65.7 Å². The molecule has 4 rings (SSSR count). The minimum absolute atomic E-state index is 0.206. The van der Waals surface area contributed by atoms with Crippen molar-refractivity contribution in [1.82, 2.24) is 9.66 Å². The van der Waals surface area contributed by atoms with Crippen LogP contribution in [0.4, 0.5) is 0 Å². The van der Waals surface area contributed by atoms with Gasteiger partial charge in [0, 0.05) is 16.5 Å². The summed E-state index contributed by atoms with van der Waals surface area (Å²) in [5.74, 6) is 1.88. The second-order valence-corrected chi connectivity index (χ2v) is 9.70. The SMILES string of the molecule is C=CCc1cc(C=Nn2c(CCC)nc3ccc(Br)cc3c2=O)cc(OC)c1OCc1cccc(C)c1. The van der Waals surface area contributed by atoms with E-state index in [1.165, 1.54) is 10.2 Å². The predicted molar refractivity (Wildman–Crippen MR) is 153 cm³/mol. The average Bonchev–Trinajstić information content (AvgIpc) is 2.88. The van der Waals surface area contributed by atoms with Crippen LogP contribution in [0.5, 0.6) is 11.5 Å². The van der Waals surface area contributed by atoms with Gasteiger partial charge in [-0.1, -0.05) is 58.8 Å². The third-order valence-corrected chi connectivity index (χ3v) is 6.37. The highest BCUT2D eigenvalue weighted by molar-refractivity contribution is 9.10. The Kier molecular flexibility index (Phi) is 8.56. The molecule has 1 heterocycles. The fraction of sp³-hybridized carbons (Fsp3) is 0.233. The second-order valence-electron chi connectivity index (χ2n) is 8.78. The molecule has 0 saturated heterocycles. The number of hydrogen-bond acceptors (Lipinski definition) is 5. The van der Waals surface area contributed by atoms with Gasteiger partial charge in [-0.25, -0.2) is 4.98 Å². The lowest BCUT2D eigenvalue weighted by Crippen LogP contribution is -2.22. The van der Waals surface area contributed by atoms with Crippen LogP contribution in [-0.2, 0) is 19.4 Å². The molecular formula is C30H30BrN3O3. The van der Waals surface area contributed by atoms with Crippen molar-refractivity contribution in [2.45, 2.75) is 39.7 Å². The molecule has 0 aliphatic heterocycles. The average molecular weight is 560 g/mol. The first-order valence-corrected chi connectivity index (χ1v) is 13.0. The van der Waals surface area contributed by atoms with Gasteiger partial charge in [-0.05, 0) is 61.2 Å². The first-order chi connectivity index (χ1) is 17.9. The minimum Gasteiger partial charge on any atom is -0.493 e. The zero-order valence-corrected chi connectivity index (χ0v) is 22.9. The number of ether oxygens (including phenoxy) is 2. The third-order valence-electron chi connectivity index (χ3n) is 5.88. The summed E-state index contributed by atoms with van der Waals surface area (Å²) in [5, 5.41) is 5.07. The molecule has 4 aromatic rings. The number of aryl methyl sites for hydroxylation is 2. The van der Waals surface area contributed by atoms with Gasteiger partial charge in [-0.3, -0.25) is 4.79 Å². The molecule has 7 heteroatoms. The van der Waals surface area contributed by atoms with Crippen LogP contribution < -0.4 is 15.0 Å². The van der Waals surface area contributed by atoms with E-state index < -0.39 is 0 Å². The molecule has 0 bridgehead atoms. The van der Waals surface area contributed by atoms with E-state index in [0.717, 1.165) is 27.6 Å². The molecule has 6 nitrogen and oxygen atoms in total. The van der Waals surface area contributed by atoms with E-state index in [1.807, 2.05) is 49.4 Å². The lowest BCUT2D eigenvalue weighted by atomic mass is 10.1. The van der Waals surface area contributed by atoms with Gasteiger partial charge < -0.3 is 9.47 Å². The van der Waals surface area contributed by atoms with Gasteiger partial charge in [-0.2, -0.15) is 9.78 Å². The van der Waals surface area contributed by atoms with E-state index in [1.54, 1.807) is 19.4 Å². The Hall–Kier alpha value is -3.71. The van der Waals surface area contributed by atoms with Gasteiger partial charge in [0.1, 0.15) is 12.4 Å². The van der Waals surface area contributed by atoms with Crippen LogP contribution in [0, 0.1) is 6.92 Å². The minimum atomic E-state index is -0.206. The fourth-order valence-electron chi connectivity index (χ4n) is 4.16. The maximum atomic E-state index is 13.3. The monoisotopic (exact) mass is 559 g/mol. The standard InChI is InChI=1S/C30H30BrN3O3/c1-5-8-23-15-22(16-27(36-4)29(23)37-19-21-11-7-10-20(3)14-21)18-32-34-28(9-6-2)33-26-13-12-24(31)17-25(26)30(34)35/h5,7,10-18H,1,6,8-9,19H2,2-4H3. The number of nitrogens with zero attached hydrogens (tertiary/aromatic N) is 3. The summed E-state index contributed by atoms with van der Waals surface area (Å²) in [4.78, 5) is 18.0. The number of fused-ring (bicyclic) bond motifs is 1. The van der Waals surface area contributed by atoms with Gasteiger partial charge >= 0.3 is 0 Å². The van der Waals surface area contributed by atoms with Crippen molar-refractivity contribution >= 4 is 33.0 Å². The van der Waals surface area contributed by atoms with Crippen molar-refractivity contribution < 1.29 is 9.47 Å². The number of aromatic nitrogens is 2. The van der Waals surface area contributed by atoms with E-state index in [2.05, 4.69) is 46.7 Å². The van der Waals surface area contributed by atoms with Crippen LogP contribution in [0.2, 0.25) is 0 Å². The maximum Gasteiger partial charge on any atom is 0.282 e. The quantitative estimate of drug-likeness (QED) is 0.162. The highest BCUT2D eigenvalue weighted by Gasteiger charge is 2.14. The second kappa shape index (κ2) is 12.0. The van der Waals surface area contributed by atoms with Crippen LogP contribution in [0.3, 0.4) is 0 Å². The van der Waals surface area contributed by atoms with Gasteiger partial charge in [0.05, 0.1) is 24.2 Å². The maximum absolute atomic E-state index is 13.3. The summed E-state index contributed by atoms with van der Waals surface area (Å²) in [6.07, 6.45) is 5.55. The molecule has 0 amide bonds. The van der Waals surface area contributed by atoms with Gasteiger partial charge in [-0.15, -0.1) is 6.58 Å². The molecule has 0 fully saturated rings. The number of rotatable bonds is 10. The van der Waals surface area contributed by atoms with Crippen molar-refractivity contribution in [3.05, 3.63) is 110 Å². The molecule has 0 saturated carbocycles. The van der Waals surface area contributed by atoms with Gasteiger partial charge in [0.25, 0.3) is 5.56 Å². The number of halogens is 1. The van der Waals surface area contributed by atoms with Gasteiger partial charge in [0.2, 0.25) is 0 Å². The van der Waals surface area contributed by atoms with Crippen LogP contribution in [-0.4, -0.2) is 23.0 Å². The Labute approximate surface area is 225 Å². The predicted octanol–water partition coefficient (Wildman–Crippen LogP) is 6.62. The van der Waals surface area contributed by atoms with E-state index in [4.69, 9.17) is 14.5 Å². The van der Waals surface area contributed by atoms with Crippen molar-refractivity contribution in [3.8, 4) is 11.5 Å². The molecule has 0 N–H and O–H groups in total. The zero-order valence-electron chi connectivity index (χ0n) is 21.3. The summed E-state index contributed by atoms with van der Waals surface area (Å²) in [7, 11) is 1.61. The molecule has 1 aromatic heterocycles. The Morgan fingerprint density at radius 3 is 2.73 bits per heavy atom. The molecule has 37 heavy (non-hydrogen) atoms. The first-order valence-electron chi connectivity index (χ1n) is 12.2. The lowest BCUT2D eigenvalue weighted by molar-refractivity contribution is 0.282. The molecule has 0 unspecified atom stereocenters. The number of benzene rings is 3. The first kappa shape index (κ1) is 26.4. The zero-order chi connectivity index (χ0) is 26.4. The van der Waals surface area contributed by atoms with Gasteiger partial charge in [0.15, 0.2) is 11.5 Å². The largest absolute Gasteiger partial charge is 0.493 e. The molecule has 190 valence electrons. The highest BCUT2D eigenvalue weighted by Crippen LogP contribution is 2.34. The van der Waals surface area contributed by atoms with E-state index in [-0.39, 0.29) is 5.56 Å². The van der Waals surface area contributed by atoms with Crippen LogP contribution in [0.25, 0.3) is 10.9 Å². The molecular weight excluding hydrogens is 530 g/mol. The lowest BCUT2D eigenvalue weighted by Gasteiger charge is -2.16. The number of methoxy groups -OCH3 is 1. The van der Waals surface area contributed by atoms with Crippen molar-refractivity contribution in [2.75, 3.05) is 7.11 Å². The fourth-order valence-corrected chi connectivity index (χ4v) is 4.52. The van der Waals surface area contributed by atoms with E-state index >= 15 is 0 Å². The molecule has 3 aromatic carbocycles. The van der Waals surface area contributed by atoms with Crippen molar-refractivity contribution in [1.29, 1.82) is 0 Å². The smallest absolute Gasteiger partial charge is 0.282 e. The molecule has 0 aliphatic rings. The Bertz CT molecular complexity index is 1530. The number of allylic oxidation sites excluding steroid dienone is 1. The summed E-state index contributed by atoms with van der Waals surface area (Å²) in [6.45, 7) is 8.43. The number of hydrogen-bond donors (Lipinski definition) is 0. The van der Waals surface area contributed by atoms with E-state index in [9.17, 15) is 4.79 Å². The summed E-state index contributed by atoms with van der Waals surface area (Å²) in [5.41, 5.74) is 4.41. The van der Waals surface area contributed by atoms with E-state index in [0.29, 0.717) is 47.7 Å². The molecule has 0 atom stereocenters. The van der Waals surface area contributed by atoms with Crippen LogP contribution in [0.15, 0.2) is 81.6 Å². The summed E-state index contributed by atoms with van der Waals surface area (Å²) < 4.78 is 14.1. The highest BCUT2D eigenvalue weighted by atomic mass is 79.9. The molecule has 0 aliphatic carbocycles. The normalized spacial score (nSPS) is 11.2. The summed E-state index contributed by atoms with van der Waals surface area (Å²) in [6, 6.07) is 17.6. The Balaban J connectivity index is 1.72. The molecule has 0 radical (unpaired) electrons. The summed E-state index contributed by atoms with van der Waals surface area (Å²) >= 11 is 3.44. The Morgan fingerprint density at radius 1 is 1.16 bits per heavy atom. The van der Waals surface area contributed by atoms with Crippen LogP contribution >= 0.6 is 15.9 Å². The Morgan fingerprint density at radius 2 is 2.00 bits per heavy atom. The van der Waals surface area contributed by atoms with Crippen molar-refractivity contribution in [2.24, 2.45) is 5.10 Å². The van der Waals surface area contributed by atoms with Crippen molar-refractivity contribution in [3.63, 3.8) is 0 Å².